The number of alkyl halides is 2. The summed E-state index contributed by atoms with van der Waals surface area (Å²) in [5.74, 6) is -0.269. The summed E-state index contributed by atoms with van der Waals surface area (Å²) in [6, 6.07) is 1.00. The summed E-state index contributed by atoms with van der Waals surface area (Å²) in [4.78, 5) is 14.3. The van der Waals surface area contributed by atoms with Gasteiger partial charge in [0.1, 0.15) is 5.69 Å². The number of pyridine rings is 1. The summed E-state index contributed by atoms with van der Waals surface area (Å²) in [6.07, 6.45) is -2.84. The molecule has 0 aromatic carbocycles. The van der Waals surface area contributed by atoms with Crippen molar-refractivity contribution in [2.45, 2.75) is 6.43 Å². The Kier molecular flexibility index (Phi) is 3.82. The van der Waals surface area contributed by atoms with Crippen LogP contribution in [0.25, 0.3) is 0 Å². The standard InChI is InChI=1S/C8H5Cl2F2NO2/c1-15-8-3(6(10)14)2-4(9)5(13-8)7(11)12/h2,7H,1H3. The van der Waals surface area contributed by atoms with Crippen LogP contribution in [0.5, 0.6) is 5.88 Å². The van der Waals surface area contributed by atoms with Gasteiger partial charge in [-0.25, -0.2) is 13.8 Å². The van der Waals surface area contributed by atoms with E-state index in [4.69, 9.17) is 23.2 Å². The van der Waals surface area contributed by atoms with E-state index in [1.165, 1.54) is 7.11 Å². The maximum Gasteiger partial charge on any atom is 0.281 e. The highest BCUT2D eigenvalue weighted by atomic mass is 35.5. The van der Waals surface area contributed by atoms with Gasteiger partial charge in [-0.1, -0.05) is 11.6 Å². The van der Waals surface area contributed by atoms with E-state index in [1.807, 2.05) is 0 Å². The van der Waals surface area contributed by atoms with E-state index in [9.17, 15) is 13.6 Å². The van der Waals surface area contributed by atoms with E-state index in [0.29, 0.717) is 0 Å². The summed E-state index contributed by atoms with van der Waals surface area (Å²) >= 11 is 10.7. The van der Waals surface area contributed by atoms with E-state index in [-0.39, 0.29) is 16.5 Å². The molecule has 0 spiro atoms. The van der Waals surface area contributed by atoms with Gasteiger partial charge in [0.05, 0.1) is 17.7 Å². The van der Waals surface area contributed by atoms with Crippen LogP contribution in [0.1, 0.15) is 22.5 Å². The van der Waals surface area contributed by atoms with Crippen LogP contribution in [0.4, 0.5) is 8.78 Å². The van der Waals surface area contributed by atoms with Crippen LogP contribution in [0.3, 0.4) is 0 Å². The monoisotopic (exact) mass is 255 g/mol. The fourth-order valence-corrected chi connectivity index (χ4v) is 1.30. The summed E-state index contributed by atoms with van der Waals surface area (Å²) in [5, 5.41) is -1.20. The second kappa shape index (κ2) is 4.72. The van der Waals surface area contributed by atoms with Crippen molar-refractivity contribution in [2.24, 2.45) is 0 Å². The Bertz CT molecular complexity index is 398. The lowest BCUT2D eigenvalue weighted by molar-refractivity contribution is 0.107. The minimum atomic E-state index is -2.84. The number of ether oxygens (including phenoxy) is 1. The molecule has 0 aliphatic carbocycles. The molecule has 1 rings (SSSR count). The maximum atomic E-state index is 12.4. The zero-order chi connectivity index (χ0) is 11.6. The Hall–Kier alpha value is -0.940. The number of carbonyl (C=O) groups is 1. The predicted molar refractivity (Wildman–Crippen MR) is 50.9 cm³/mol. The molecule has 0 atom stereocenters. The molecule has 3 nitrogen and oxygen atoms in total. The summed E-state index contributed by atoms with van der Waals surface area (Å²) in [6.45, 7) is 0. The first-order valence-corrected chi connectivity index (χ1v) is 4.45. The minimum Gasteiger partial charge on any atom is -0.480 e. The lowest BCUT2D eigenvalue weighted by Gasteiger charge is -2.08. The van der Waals surface area contributed by atoms with Crippen LogP contribution in [0.2, 0.25) is 5.02 Å². The van der Waals surface area contributed by atoms with Gasteiger partial charge in [-0.05, 0) is 17.7 Å². The smallest absolute Gasteiger partial charge is 0.281 e. The predicted octanol–water partition coefficient (Wildman–Crippen LogP) is 3.06. The number of halogens is 4. The highest BCUT2D eigenvalue weighted by molar-refractivity contribution is 6.68. The van der Waals surface area contributed by atoms with E-state index in [0.717, 1.165) is 6.07 Å². The number of hydrogen-bond acceptors (Lipinski definition) is 3. The van der Waals surface area contributed by atoms with Gasteiger partial charge < -0.3 is 4.74 Å². The van der Waals surface area contributed by atoms with Crippen molar-refractivity contribution in [1.29, 1.82) is 0 Å². The highest BCUT2D eigenvalue weighted by Crippen LogP contribution is 2.30. The quantitative estimate of drug-likeness (QED) is 0.780. The van der Waals surface area contributed by atoms with Gasteiger partial charge in [-0.15, -0.1) is 0 Å². The van der Waals surface area contributed by atoms with E-state index < -0.39 is 17.4 Å². The molecule has 82 valence electrons. The molecule has 1 aromatic rings. The molecule has 0 radical (unpaired) electrons. The Morgan fingerprint density at radius 2 is 2.20 bits per heavy atom. The molecular formula is C8H5Cl2F2NO2. The number of aromatic nitrogens is 1. The van der Waals surface area contributed by atoms with Crippen molar-refractivity contribution in [3.63, 3.8) is 0 Å². The fourth-order valence-electron chi connectivity index (χ4n) is 0.935. The number of methoxy groups -OCH3 is 1. The van der Waals surface area contributed by atoms with Gasteiger partial charge in [-0.2, -0.15) is 0 Å². The van der Waals surface area contributed by atoms with Crippen molar-refractivity contribution in [3.05, 3.63) is 22.3 Å². The van der Waals surface area contributed by atoms with Crippen LogP contribution < -0.4 is 4.74 Å². The molecule has 0 aliphatic heterocycles. The molecule has 0 bridgehead atoms. The SMILES string of the molecule is COc1nc(C(F)F)c(Cl)cc1C(=O)Cl. The lowest BCUT2D eigenvalue weighted by Crippen LogP contribution is -2.02. The van der Waals surface area contributed by atoms with E-state index in [2.05, 4.69) is 9.72 Å². The van der Waals surface area contributed by atoms with Crippen LogP contribution in [-0.4, -0.2) is 17.3 Å². The Morgan fingerprint density at radius 1 is 1.60 bits per heavy atom. The minimum absolute atomic E-state index is 0.145. The molecule has 7 heteroatoms. The second-order valence-electron chi connectivity index (χ2n) is 2.49. The zero-order valence-corrected chi connectivity index (χ0v) is 8.94. The van der Waals surface area contributed by atoms with Gasteiger partial charge in [0.2, 0.25) is 5.88 Å². The number of rotatable bonds is 3. The highest BCUT2D eigenvalue weighted by Gasteiger charge is 2.20. The Morgan fingerprint density at radius 3 is 2.60 bits per heavy atom. The molecule has 1 heterocycles. The molecule has 0 saturated carbocycles. The molecule has 1 aromatic heterocycles. The van der Waals surface area contributed by atoms with Gasteiger partial charge >= 0.3 is 0 Å². The first kappa shape index (κ1) is 12.1. The second-order valence-corrected chi connectivity index (χ2v) is 3.24. The molecule has 15 heavy (non-hydrogen) atoms. The fraction of sp³-hybridized carbons (Fsp3) is 0.250. The molecule has 0 saturated heterocycles. The van der Waals surface area contributed by atoms with Crippen molar-refractivity contribution in [3.8, 4) is 5.88 Å². The molecule has 0 amide bonds. The molecule has 0 aliphatic rings. The Labute approximate surface area is 94.0 Å². The summed E-state index contributed by atoms with van der Waals surface area (Å²) in [7, 11) is 1.19. The van der Waals surface area contributed by atoms with Crippen molar-refractivity contribution in [2.75, 3.05) is 7.11 Å². The van der Waals surface area contributed by atoms with Crippen molar-refractivity contribution in [1.82, 2.24) is 4.98 Å². The zero-order valence-electron chi connectivity index (χ0n) is 7.43. The molecule has 0 N–H and O–H groups in total. The van der Waals surface area contributed by atoms with Crippen LogP contribution in [0.15, 0.2) is 6.07 Å². The topological polar surface area (TPSA) is 39.2 Å². The molecule has 0 fully saturated rings. The van der Waals surface area contributed by atoms with Gasteiger partial charge in [0, 0.05) is 0 Å². The van der Waals surface area contributed by atoms with Gasteiger partial charge in [-0.3, -0.25) is 4.79 Å². The van der Waals surface area contributed by atoms with Gasteiger partial charge in [0.25, 0.3) is 11.7 Å². The largest absolute Gasteiger partial charge is 0.480 e. The number of nitrogens with zero attached hydrogens (tertiary/aromatic N) is 1. The maximum absolute atomic E-state index is 12.4. The van der Waals surface area contributed by atoms with Crippen molar-refractivity contribution >= 4 is 28.4 Å². The van der Waals surface area contributed by atoms with E-state index >= 15 is 0 Å². The normalized spacial score (nSPS) is 10.5. The lowest BCUT2D eigenvalue weighted by atomic mass is 10.2. The molecule has 0 unspecified atom stereocenters. The average molecular weight is 256 g/mol. The third-order valence-electron chi connectivity index (χ3n) is 1.58. The Balaban J connectivity index is 3.35. The third-order valence-corrected chi connectivity index (χ3v) is 2.09. The van der Waals surface area contributed by atoms with Crippen LogP contribution >= 0.6 is 23.2 Å². The van der Waals surface area contributed by atoms with Gasteiger partial charge in [0.15, 0.2) is 0 Å². The molecular weight excluding hydrogens is 251 g/mol. The number of hydrogen-bond donors (Lipinski definition) is 0. The first-order valence-electron chi connectivity index (χ1n) is 3.69. The average Bonchev–Trinajstić information content (AvgIpc) is 2.16. The summed E-state index contributed by atoms with van der Waals surface area (Å²) < 4.78 is 29.4. The third kappa shape index (κ3) is 2.54. The van der Waals surface area contributed by atoms with Crippen LogP contribution in [-0.2, 0) is 0 Å². The van der Waals surface area contributed by atoms with E-state index in [1.54, 1.807) is 0 Å². The first-order chi connectivity index (χ1) is 6.97. The van der Waals surface area contributed by atoms with Crippen LogP contribution in [0, 0.1) is 0 Å². The van der Waals surface area contributed by atoms with Crippen molar-refractivity contribution < 1.29 is 18.3 Å². The summed E-state index contributed by atoms with van der Waals surface area (Å²) in [5.41, 5.74) is -0.788. The number of carbonyl (C=O) groups excluding carboxylic acids is 1.